The van der Waals surface area contributed by atoms with Crippen LogP contribution >= 0.6 is 0 Å². The topological polar surface area (TPSA) is 67.4 Å². The number of hydrogen-bond donors (Lipinski definition) is 2. The maximum atomic E-state index is 12.0. The third-order valence-corrected chi connectivity index (χ3v) is 4.66. The minimum Gasteiger partial charge on any atom is -0.494 e. The van der Waals surface area contributed by atoms with Crippen molar-refractivity contribution < 1.29 is 14.3 Å². The molecule has 0 spiro atoms. The Morgan fingerprint density at radius 3 is 2.40 bits per heavy atom. The Balaban J connectivity index is 1.58. The summed E-state index contributed by atoms with van der Waals surface area (Å²) in [5.74, 6) is 1.42. The summed E-state index contributed by atoms with van der Waals surface area (Å²) in [5.41, 5.74) is 0.590. The Morgan fingerprint density at radius 2 is 1.72 bits per heavy atom. The lowest BCUT2D eigenvalue weighted by molar-refractivity contribution is -0.121. The molecule has 0 saturated heterocycles. The molecule has 2 rings (SSSR count). The van der Waals surface area contributed by atoms with E-state index in [-0.39, 0.29) is 11.8 Å². The molecule has 1 saturated carbocycles. The van der Waals surface area contributed by atoms with Gasteiger partial charge in [-0.05, 0) is 43.5 Å². The van der Waals surface area contributed by atoms with Crippen molar-refractivity contribution in [3.63, 3.8) is 0 Å². The van der Waals surface area contributed by atoms with E-state index in [4.69, 9.17) is 4.74 Å². The lowest BCUT2D eigenvalue weighted by Gasteiger charge is -2.20. The molecule has 25 heavy (non-hydrogen) atoms. The summed E-state index contributed by atoms with van der Waals surface area (Å²) in [4.78, 5) is 23.9. The molecular formula is C20H30N2O3. The SMILES string of the molecule is CCOc1ccc(C(=O)NCCNC(=O)CCC2CCCCC2)cc1. The number of hydrogen-bond acceptors (Lipinski definition) is 3. The van der Waals surface area contributed by atoms with Crippen molar-refractivity contribution in [3.05, 3.63) is 29.8 Å². The first-order valence-corrected chi connectivity index (χ1v) is 9.46. The maximum absolute atomic E-state index is 12.0. The Labute approximate surface area is 150 Å². The van der Waals surface area contributed by atoms with Crippen LogP contribution in [0.15, 0.2) is 24.3 Å². The van der Waals surface area contributed by atoms with Crippen LogP contribution in [0, 0.1) is 5.92 Å². The fraction of sp³-hybridized carbons (Fsp3) is 0.600. The number of ether oxygens (including phenoxy) is 1. The number of carbonyl (C=O) groups excluding carboxylic acids is 2. The highest BCUT2D eigenvalue weighted by Gasteiger charge is 2.14. The van der Waals surface area contributed by atoms with E-state index < -0.39 is 0 Å². The van der Waals surface area contributed by atoms with Gasteiger partial charge in [-0.3, -0.25) is 9.59 Å². The maximum Gasteiger partial charge on any atom is 0.251 e. The van der Waals surface area contributed by atoms with Gasteiger partial charge in [-0.2, -0.15) is 0 Å². The van der Waals surface area contributed by atoms with Crippen LogP contribution in [0.25, 0.3) is 0 Å². The minimum atomic E-state index is -0.139. The summed E-state index contributed by atoms with van der Waals surface area (Å²) in [7, 11) is 0. The van der Waals surface area contributed by atoms with Crippen molar-refractivity contribution >= 4 is 11.8 Å². The zero-order valence-corrected chi connectivity index (χ0v) is 15.2. The molecular weight excluding hydrogens is 316 g/mol. The van der Waals surface area contributed by atoms with Crippen LogP contribution in [0.2, 0.25) is 0 Å². The second kappa shape index (κ2) is 10.7. The molecule has 1 aliphatic carbocycles. The Morgan fingerprint density at radius 1 is 1.04 bits per heavy atom. The highest BCUT2D eigenvalue weighted by molar-refractivity contribution is 5.94. The number of benzene rings is 1. The highest BCUT2D eigenvalue weighted by atomic mass is 16.5. The van der Waals surface area contributed by atoms with E-state index in [9.17, 15) is 9.59 Å². The molecule has 0 aromatic heterocycles. The third-order valence-electron chi connectivity index (χ3n) is 4.66. The van der Waals surface area contributed by atoms with Crippen LogP contribution in [-0.2, 0) is 4.79 Å². The van der Waals surface area contributed by atoms with Crippen LogP contribution in [-0.4, -0.2) is 31.5 Å². The van der Waals surface area contributed by atoms with Crippen molar-refractivity contribution in [2.24, 2.45) is 5.92 Å². The van der Waals surface area contributed by atoms with Crippen molar-refractivity contribution in [2.45, 2.75) is 51.9 Å². The summed E-state index contributed by atoms with van der Waals surface area (Å²) < 4.78 is 5.35. The number of carbonyl (C=O) groups is 2. The van der Waals surface area contributed by atoms with Gasteiger partial charge in [0.15, 0.2) is 0 Å². The molecule has 0 atom stereocenters. The molecule has 1 aromatic rings. The summed E-state index contributed by atoms with van der Waals surface area (Å²) in [6.45, 7) is 3.42. The molecule has 0 bridgehead atoms. The zero-order valence-electron chi connectivity index (χ0n) is 15.2. The van der Waals surface area contributed by atoms with Gasteiger partial charge in [0.1, 0.15) is 5.75 Å². The zero-order chi connectivity index (χ0) is 17.9. The van der Waals surface area contributed by atoms with Gasteiger partial charge in [-0.1, -0.05) is 32.1 Å². The van der Waals surface area contributed by atoms with Crippen molar-refractivity contribution in [2.75, 3.05) is 19.7 Å². The summed E-state index contributed by atoms with van der Waals surface area (Å²) in [5, 5.41) is 5.70. The average molecular weight is 346 g/mol. The largest absolute Gasteiger partial charge is 0.494 e. The normalized spacial score (nSPS) is 14.8. The van der Waals surface area contributed by atoms with Gasteiger partial charge in [0.25, 0.3) is 5.91 Å². The molecule has 0 aliphatic heterocycles. The van der Waals surface area contributed by atoms with Gasteiger partial charge in [0, 0.05) is 25.1 Å². The van der Waals surface area contributed by atoms with Gasteiger partial charge in [-0.25, -0.2) is 0 Å². The van der Waals surface area contributed by atoms with Gasteiger partial charge >= 0.3 is 0 Å². The molecule has 5 nitrogen and oxygen atoms in total. The van der Waals surface area contributed by atoms with E-state index in [2.05, 4.69) is 10.6 Å². The van der Waals surface area contributed by atoms with E-state index in [1.54, 1.807) is 24.3 Å². The number of rotatable bonds is 9. The van der Waals surface area contributed by atoms with Gasteiger partial charge in [-0.15, -0.1) is 0 Å². The molecule has 5 heteroatoms. The first-order valence-electron chi connectivity index (χ1n) is 9.46. The number of amides is 2. The van der Waals surface area contributed by atoms with Crippen LogP contribution < -0.4 is 15.4 Å². The Hall–Kier alpha value is -2.04. The molecule has 1 fully saturated rings. The van der Waals surface area contributed by atoms with Crippen molar-refractivity contribution in [1.29, 1.82) is 0 Å². The monoisotopic (exact) mass is 346 g/mol. The molecule has 1 aromatic carbocycles. The second-order valence-electron chi connectivity index (χ2n) is 6.61. The van der Waals surface area contributed by atoms with Crippen LogP contribution in [0.5, 0.6) is 5.75 Å². The highest BCUT2D eigenvalue weighted by Crippen LogP contribution is 2.27. The first kappa shape index (κ1) is 19.3. The predicted molar refractivity (Wildman–Crippen MR) is 98.8 cm³/mol. The lowest BCUT2D eigenvalue weighted by Crippen LogP contribution is -2.34. The van der Waals surface area contributed by atoms with Gasteiger partial charge < -0.3 is 15.4 Å². The van der Waals surface area contributed by atoms with E-state index in [1.165, 1.54) is 32.1 Å². The van der Waals surface area contributed by atoms with Crippen LogP contribution in [0.3, 0.4) is 0 Å². The van der Waals surface area contributed by atoms with E-state index >= 15 is 0 Å². The first-order chi connectivity index (χ1) is 12.2. The predicted octanol–water partition coefficient (Wildman–Crippen LogP) is 3.29. The molecule has 1 aliphatic rings. The van der Waals surface area contributed by atoms with Gasteiger partial charge in [0.05, 0.1) is 6.61 Å². The van der Waals surface area contributed by atoms with E-state index in [0.717, 1.165) is 18.1 Å². The van der Waals surface area contributed by atoms with Crippen LogP contribution in [0.1, 0.15) is 62.2 Å². The average Bonchev–Trinajstić information content (AvgIpc) is 2.65. The molecule has 2 N–H and O–H groups in total. The van der Waals surface area contributed by atoms with E-state index in [0.29, 0.717) is 31.7 Å². The fourth-order valence-electron chi connectivity index (χ4n) is 3.25. The smallest absolute Gasteiger partial charge is 0.251 e. The summed E-state index contributed by atoms with van der Waals surface area (Å²) in [6.07, 6.45) is 8.09. The van der Waals surface area contributed by atoms with Crippen molar-refractivity contribution in [3.8, 4) is 5.75 Å². The lowest BCUT2D eigenvalue weighted by atomic mass is 9.86. The van der Waals surface area contributed by atoms with Crippen LogP contribution in [0.4, 0.5) is 0 Å². The minimum absolute atomic E-state index is 0.0842. The number of nitrogens with one attached hydrogen (secondary N) is 2. The fourth-order valence-corrected chi connectivity index (χ4v) is 3.25. The standard InChI is InChI=1S/C20H30N2O3/c1-2-25-18-11-9-17(10-12-18)20(24)22-15-14-21-19(23)13-8-16-6-4-3-5-7-16/h9-12,16H,2-8,13-15H2,1H3,(H,21,23)(H,22,24). The van der Waals surface area contributed by atoms with Crippen molar-refractivity contribution in [1.82, 2.24) is 10.6 Å². The molecule has 0 heterocycles. The third kappa shape index (κ3) is 7.16. The van der Waals surface area contributed by atoms with Gasteiger partial charge in [0.2, 0.25) is 5.91 Å². The Bertz CT molecular complexity index is 536. The second-order valence-corrected chi connectivity index (χ2v) is 6.61. The Kier molecular flexibility index (Phi) is 8.29. The molecule has 138 valence electrons. The quantitative estimate of drug-likeness (QED) is 0.674. The summed E-state index contributed by atoms with van der Waals surface area (Å²) in [6, 6.07) is 7.04. The molecule has 0 radical (unpaired) electrons. The molecule has 0 unspecified atom stereocenters. The van der Waals surface area contributed by atoms with E-state index in [1.807, 2.05) is 6.92 Å². The molecule has 2 amide bonds. The summed E-state index contributed by atoms with van der Waals surface area (Å²) >= 11 is 0.